The largest absolute Gasteiger partial charge is 0.462 e. The molecule has 1 aromatic heterocycles. The molecular formula is C17H20ClF2N5O. The standard InChI is InChI=1S/C17H20ClF2N5O/c1-16(20)9-26-15(21)23-17(16,2)11-6-10(4-5-13(11)19)22-7-14-12(18)8-25(3)24-14/h4-6,8,22H,7,9H2,1-3H3,(H2,21,23). The third-order valence-electron chi connectivity index (χ3n) is 4.65. The van der Waals surface area contributed by atoms with E-state index in [-0.39, 0.29) is 18.2 Å². The minimum absolute atomic E-state index is 0.0888. The third-order valence-corrected chi connectivity index (χ3v) is 4.96. The van der Waals surface area contributed by atoms with E-state index in [9.17, 15) is 4.39 Å². The summed E-state index contributed by atoms with van der Waals surface area (Å²) >= 11 is 6.09. The van der Waals surface area contributed by atoms with Crippen molar-refractivity contribution in [1.82, 2.24) is 9.78 Å². The second-order valence-corrected chi connectivity index (χ2v) is 7.06. The van der Waals surface area contributed by atoms with Gasteiger partial charge in [0.05, 0.1) is 11.6 Å². The summed E-state index contributed by atoms with van der Waals surface area (Å²) in [5.74, 6) is -0.573. The molecular weight excluding hydrogens is 364 g/mol. The third kappa shape index (κ3) is 3.21. The van der Waals surface area contributed by atoms with Crippen LogP contribution in [0.2, 0.25) is 5.02 Å². The van der Waals surface area contributed by atoms with Crippen LogP contribution in [0, 0.1) is 5.82 Å². The topological polar surface area (TPSA) is 77.5 Å². The highest BCUT2D eigenvalue weighted by molar-refractivity contribution is 6.31. The van der Waals surface area contributed by atoms with Gasteiger partial charge in [0.25, 0.3) is 6.02 Å². The lowest BCUT2D eigenvalue weighted by Gasteiger charge is -2.40. The molecule has 0 spiro atoms. The van der Waals surface area contributed by atoms with Crippen LogP contribution in [-0.4, -0.2) is 28.1 Å². The second kappa shape index (κ2) is 6.42. The Labute approximate surface area is 155 Å². The van der Waals surface area contributed by atoms with Gasteiger partial charge < -0.3 is 15.8 Å². The van der Waals surface area contributed by atoms with Crippen LogP contribution in [0.3, 0.4) is 0 Å². The Morgan fingerprint density at radius 1 is 1.42 bits per heavy atom. The van der Waals surface area contributed by atoms with Gasteiger partial charge >= 0.3 is 0 Å². The summed E-state index contributed by atoms with van der Waals surface area (Å²) in [5.41, 5.74) is 3.48. The molecule has 1 aromatic carbocycles. The van der Waals surface area contributed by atoms with Crippen molar-refractivity contribution in [2.75, 3.05) is 11.9 Å². The molecule has 0 aliphatic carbocycles. The van der Waals surface area contributed by atoms with Crippen molar-refractivity contribution in [2.45, 2.75) is 31.6 Å². The molecule has 3 N–H and O–H groups in total. The molecule has 1 aliphatic heterocycles. The SMILES string of the molecule is Cn1cc(Cl)c(CNc2ccc(F)c(C3(C)N=C(N)OCC3(C)F)c2)n1. The Morgan fingerprint density at radius 3 is 2.81 bits per heavy atom. The normalized spacial score (nSPS) is 25.5. The lowest BCUT2D eigenvalue weighted by molar-refractivity contribution is 0.00403. The zero-order chi connectivity index (χ0) is 19.1. The number of rotatable bonds is 4. The van der Waals surface area contributed by atoms with Crippen LogP contribution in [0.1, 0.15) is 25.1 Å². The van der Waals surface area contributed by atoms with Crippen LogP contribution >= 0.6 is 11.6 Å². The predicted octanol–water partition coefficient (Wildman–Crippen LogP) is 3.11. The quantitative estimate of drug-likeness (QED) is 0.850. The van der Waals surface area contributed by atoms with E-state index in [1.54, 1.807) is 24.0 Å². The van der Waals surface area contributed by atoms with Crippen LogP contribution in [0.5, 0.6) is 0 Å². The van der Waals surface area contributed by atoms with E-state index in [2.05, 4.69) is 15.4 Å². The maximum Gasteiger partial charge on any atom is 0.283 e. The summed E-state index contributed by atoms with van der Waals surface area (Å²) in [7, 11) is 1.77. The zero-order valence-corrected chi connectivity index (χ0v) is 15.4. The number of hydrogen-bond acceptors (Lipinski definition) is 5. The Morgan fingerprint density at radius 2 is 2.15 bits per heavy atom. The van der Waals surface area contributed by atoms with Crippen LogP contribution in [0.15, 0.2) is 29.4 Å². The number of anilines is 1. The Bertz CT molecular complexity index is 867. The average molecular weight is 384 g/mol. The number of ether oxygens (including phenoxy) is 1. The van der Waals surface area contributed by atoms with Gasteiger partial charge in [-0.3, -0.25) is 4.68 Å². The molecule has 2 unspecified atom stereocenters. The molecule has 0 radical (unpaired) electrons. The van der Waals surface area contributed by atoms with Gasteiger partial charge in [-0.2, -0.15) is 5.10 Å². The lowest BCUT2D eigenvalue weighted by Crippen LogP contribution is -2.52. The first kappa shape index (κ1) is 18.4. The summed E-state index contributed by atoms with van der Waals surface area (Å²) in [4.78, 5) is 4.07. The molecule has 1 aliphatic rings. The smallest absolute Gasteiger partial charge is 0.283 e. The lowest BCUT2D eigenvalue weighted by atomic mass is 9.78. The van der Waals surface area contributed by atoms with Crippen molar-refractivity contribution >= 4 is 23.3 Å². The molecule has 2 heterocycles. The fraction of sp³-hybridized carbons (Fsp3) is 0.412. The van der Waals surface area contributed by atoms with Crippen molar-refractivity contribution in [1.29, 1.82) is 0 Å². The van der Waals surface area contributed by atoms with E-state index in [4.69, 9.17) is 22.1 Å². The number of alkyl halides is 1. The highest BCUT2D eigenvalue weighted by Crippen LogP contribution is 2.43. The number of aromatic nitrogens is 2. The summed E-state index contributed by atoms with van der Waals surface area (Å²) < 4.78 is 36.2. The number of hydrogen-bond donors (Lipinski definition) is 2. The van der Waals surface area contributed by atoms with E-state index in [1.165, 1.54) is 26.0 Å². The van der Waals surface area contributed by atoms with Gasteiger partial charge in [-0.1, -0.05) is 11.6 Å². The average Bonchev–Trinajstić information content (AvgIpc) is 2.88. The molecule has 2 atom stereocenters. The summed E-state index contributed by atoms with van der Waals surface area (Å²) in [6.45, 7) is 2.85. The monoisotopic (exact) mass is 383 g/mol. The molecule has 0 fully saturated rings. The Hall–Kier alpha value is -2.35. The highest BCUT2D eigenvalue weighted by Gasteiger charge is 2.51. The number of benzene rings is 1. The van der Waals surface area contributed by atoms with Crippen LogP contribution in [0.4, 0.5) is 14.5 Å². The highest BCUT2D eigenvalue weighted by atomic mass is 35.5. The molecule has 2 aromatic rings. The first-order valence-electron chi connectivity index (χ1n) is 8.01. The van der Waals surface area contributed by atoms with E-state index in [0.29, 0.717) is 22.9 Å². The van der Waals surface area contributed by atoms with E-state index in [1.807, 2.05) is 0 Å². The summed E-state index contributed by atoms with van der Waals surface area (Å²) in [6, 6.07) is 4.17. The molecule has 6 nitrogen and oxygen atoms in total. The zero-order valence-electron chi connectivity index (χ0n) is 14.7. The number of halogens is 3. The van der Waals surface area contributed by atoms with Gasteiger partial charge in [0, 0.05) is 24.5 Å². The van der Waals surface area contributed by atoms with Gasteiger partial charge in [-0.05, 0) is 32.0 Å². The maximum absolute atomic E-state index is 15.1. The fourth-order valence-electron chi connectivity index (χ4n) is 2.88. The molecule has 9 heteroatoms. The van der Waals surface area contributed by atoms with Crippen molar-refractivity contribution in [3.63, 3.8) is 0 Å². The van der Waals surface area contributed by atoms with Gasteiger partial charge in [-0.25, -0.2) is 13.8 Å². The van der Waals surface area contributed by atoms with Crippen molar-refractivity contribution in [3.8, 4) is 0 Å². The number of nitrogens with one attached hydrogen (secondary N) is 1. The van der Waals surface area contributed by atoms with Gasteiger partial charge in [0.2, 0.25) is 0 Å². The molecule has 26 heavy (non-hydrogen) atoms. The molecule has 0 saturated heterocycles. The van der Waals surface area contributed by atoms with Gasteiger partial charge in [0.15, 0.2) is 5.67 Å². The van der Waals surface area contributed by atoms with Crippen molar-refractivity contribution < 1.29 is 13.5 Å². The first-order chi connectivity index (χ1) is 12.1. The van der Waals surface area contributed by atoms with Crippen LogP contribution < -0.4 is 11.1 Å². The Balaban J connectivity index is 1.92. The maximum atomic E-state index is 15.1. The molecule has 140 valence electrons. The van der Waals surface area contributed by atoms with Gasteiger partial charge in [-0.15, -0.1) is 0 Å². The predicted molar refractivity (Wildman–Crippen MR) is 96.4 cm³/mol. The minimum Gasteiger partial charge on any atom is -0.462 e. The molecule has 3 rings (SSSR count). The van der Waals surface area contributed by atoms with Gasteiger partial charge in [0.1, 0.15) is 23.7 Å². The van der Waals surface area contributed by atoms with Crippen LogP contribution in [-0.2, 0) is 23.9 Å². The number of aliphatic imine (C=N–C) groups is 1. The number of amidine groups is 1. The molecule has 0 saturated carbocycles. The number of nitrogens with zero attached hydrogens (tertiary/aromatic N) is 3. The first-order valence-corrected chi connectivity index (χ1v) is 8.39. The van der Waals surface area contributed by atoms with E-state index < -0.39 is 17.0 Å². The van der Waals surface area contributed by atoms with Crippen molar-refractivity contribution in [3.05, 3.63) is 46.5 Å². The fourth-order valence-corrected chi connectivity index (χ4v) is 3.13. The second-order valence-electron chi connectivity index (χ2n) is 6.65. The minimum atomic E-state index is -1.93. The van der Waals surface area contributed by atoms with Crippen molar-refractivity contribution in [2.24, 2.45) is 17.8 Å². The van der Waals surface area contributed by atoms with E-state index in [0.717, 1.165) is 0 Å². The summed E-state index contributed by atoms with van der Waals surface area (Å²) in [6.07, 6.45) is 1.68. The molecule has 0 amide bonds. The van der Waals surface area contributed by atoms with E-state index >= 15 is 4.39 Å². The van der Waals surface area contributed by atoms with Crippen LogP contribution in [0.25, 0.3) is 0 Å². The number of aryl methyl sites for hydroxylation is 1. The molecule has 0 bridgehead atoms. The Kier molecular flexibility index (Phi) is 4.56. The summed E-state index contributed by atoms with van der Waals surface area (Å²) in [5, 5.41) is 7.87. The number of nitrogens with two attached hydrogens (primary N) is 1.